The molecule has 122 valence electrons. The summed E-state index contributed by atoms with van der Waals surface area (Å²) in [6.45, 7) is 0.425. The standard InChI is InChI=1S/C19H16O4S/c20-16-13-17(14-7-3-1-4-8-14)23-19(21)18(16)24-12-11-22-15-9-5-2-6-10-15/h1-10,13,20H,11-12H2. The SMILES string of the molecule is O=c1oc(-c2ccccc2)cc(O)c1SCCOc1ccccc1. The van der Waals surface area contributed by atoms with Gasteiger partial charge in [-0.2, -0.15) is 0 Å². The third-order valence-electron chi connectivity index (χ3n) is 3.29. The molecule has 0 fully saturated rings. The Morgan fingerprint density at radius 2 is 1.67 bits per heavy atom. The second kappa shape index (κ2) is 7.75. The third-order valence-corrected chi connectivity index (χ3v) is 4.32. The third kappa shape index (κ3) is 4.00. The van der Waals surface area contributed by atoms with Crippen molar-refractivity contribution in [1.82, 2.24) is 0 Å². The van der Waals surface area contributed by atoms with Gasteiger partial charge in [-0.15, -0.1) is 11.8 Å². The van der Waals surface area contributed by atoms with Gasteiger partial charge < -0.3 is 14.3 Å². The predicted molar refractivity (Wildman–Crippen MR) is 94.7 cm³/mol. The summed E-state index contributed by atoms with van der Waals surface area (Å²) in [6.07, 6.45) is 0. The Bertz CT molecular complexity index is 844. The summed E-state index contributed by atoms with van der Waals surface area (Å²) in [5, 5.41) is 10.1. The Hall–Kier alpha value is -2.66. The van der Waals surface area contributed by atoms with Crippen LogP contribution in [0.4, 0.5) is 0 Å². The first kappa shape index (κ1) is 16.2. The van der Waals surface area contributed by atoms with Crippen LogP contribution >= 0.6 is 11.8 Å². The molecule has 1 heterocycles. The first-order valence-electron chi connectivity index (χ1n) is 7.47. The quantitative estimate of drug-likeness (QED) is 0.539. The van der Waals surface area contributed by atoms with E-state index in [0.29, 0.717) is 18.1 Å². The van der Waals surface area contributed by atoms with E-state index >= 15 is 0 Å². The van der Waals surface area contributed by atoms with E-state index in [1.807, 2.05) is 60.7 Å². The van der Waals surface area contributed by atoms with Crippen LogP contribution < -0.4 is 10.4 Å². The molecular weight excluding hydrogens is 324 g/mol. The average Bonchev–Trinajstić information content (AvgIpc) is 2.62. The summed E-state index contributed by atoms with van der Waals surface area (Å²) in [7, 11) is 0. The molecule has 0 aliphatic rings. The first-order valence-corrected chi connectivity index (χ1v) is 8.46. The van der Waals surface area contributed by atoms with Gasteiger partial charge in [-0.05, 0) is 12.1 Å². The Labute approximate surface area is 143 Å². The lowest BCUT2D eigenvalue weighted by molar-refractivity contribution is 0.344. The summed E-state index contributed by atoms with van der Waals surface area (Å²) in [4.78, 5) is 12.3. The normalized spacial score (nSPS) is 10.5. The molecule has 4 nitrogen and oxygen atoms in total. The number of ether oxygens (including phenoxy) is 1. The van der Waals surface area contributed by atoms with Crippen LogP contribution in [0, 0.1) is 0 Å². The summed E-state index contributed by atoms with van der Waals surface area (Å²) in [5.41, 5.74) is 0.201. The number of aromatic hydroxyl groups is 1. The second-order valence-corrected chi connectivity index (χ2v) is 6.09. The second-order valence-electron chi connectivity index (χ2n) is 4.99. The highest BCUT2D eigenvalue weighted by Gasteiger charge is 2.13. The lowest BCUT2D eigenvalue weighted by atomic mass is 10.1. The van der Waals surface area contributed by atoms with E-state index in [-0.39, 0.29) is 10.6 Å². The molecular formula is C19H16O4S. The van der Waals surface area contributed by atoms with Gasteiger partial charge in [0.1, 0.15) is 22.2 Å². The van der Waals surface area contributed by atoms with Crippen molar-refractivity contribution < 1.29 is 14.3 Å². The maximum Gasteiger partial charge on any atom is 0.353 e. The summed E-state index contributed by atoms with van der Waals surface area (Å²) >= 11 is 1.22. The van der Waals surface area contributed by atoms with E-state index in [1.165, 1.54) is 17.8 Å². The Morgan fingerprint density at radius 1 is 1.00 bits per heavy atom. The van der Waals surface area contributed by atoms with Crippen LogP contribution in [0.1, 0.15) is 0 Å². The van der Waals surface area contributed by atoms with E-state index < -0.39 is 5.63 Å². The highest BCUT2D eigenvalue weighted by atomic mass is 32.2. The number of para-hydroxylation sites is 1. The molecule has 0 amide bonds. The molecule has 0 spiro atoms. The molecule has 0 atom stereocenters. The highest BCUT2D eigenvalue weighted by Crippen LogP contribution is 2.29. The smallest absolute Gasteiger partial charge is 0.353 e. The van der Waals surface area contributed by atoms with Gasteiger partial charge in [0.25, 0.3) is 0 Å². The Kier molecular flexibility index (Phi) is 5.23. The van der Waals surface area contributed by atoms with Crippen molar-refractivity contribution in [1.29, 1.82) is 0 Å². The minimum atomic E-state index is -0.543. The minimum absolute atomic E-state index is 0.0742. The van der Waals surface area contributed by atoms with E-state index in [0.717, 1.165) is 11.3 Å². The molecule has 0 radical (unpaired) electrons. The maximum atomic E-state index is 12.1. The van der Waals surface area contributed by atoms with E-state index in [1.54, 1.807) is 0 Å². The molecule has 0 bridgehead atoms. The van der Waals surface area contributed by atoms with Crippen molar-refractivity contribution in [3.63, 3.8) is 0 Å². The molecule has 0 aliphatic carbocycles. The number of thioether (sulfide) groups is 1. The van der Waals surface area contributed by atoms with Crippen molar-refractivity contribution in [3.05, 3.63) is 77.2 Å². The van der Waals surface area contributed by atoms with E-state index in [4.69, 9.17) is 9.15 Å². The number of hydrogen-bond acceptors (Lipinski definition) is 5. The van der Waals surface area contributed by atoms with Gasteiger partial charge >= 0.3 is 5.63 Å². The van der Waals surface area contributed by atoms with Crippen LogP contribution in [0.25, 0.3) is 11.3 Å². The number of rotatable bonds is 6. The average molecular weight is 340 g/mol. The lowest BCUT2D eigenvalue weighted by Crippen LogP contribution is -2.06. The van der Waals surface area contributed by atoms with Crippen molar-refractivity contribution in [3.8, 4) is 22.8 Å². The van der Waals surface area contributed by atoms with E-state index in [9.17, 15) is 9.90 Å². The first-order chi connectivity index (χ1) is 11.7. The summed E-state index contributed by atoms with van der Waals surface area (Å²) in [5.74, 6) is 1.57. The van der Waals surface area contributed by atoms with E-state index in [2.05, 4.69) is 0 Å². The molecule has 24 heavy (non-hydrogen) atoms. The Morgan fingerprint density at radius 3 is 2.33 bits per heavy atom. The Balaban J connectivity index is 1.65. The molecule has 2 aromatic carbocycles. The van der Waals surface area contributed by atoms with Crippen LogP contribution in [0.5, 0.6) is 11.5 Å². The van der Waals surface area contributed by atoms with Gasteiger partial charge in [0.15, 0.2) is 0 Å². The van der Waals surface area contributed by atoms with Gasteiger partial charge in [-0.25, -0.2) is 4.79 Å². The van der Waals surface area contributed by atoms with Gasteiger partial charge in [-0.1, -0.05) is 48.5 Å². The zero-order valence-electron chi connectivity index (χ0n) is 12.8. The van der Waals surface area contributed by atoms with Gasteiger partial charge in [-0.3, -0.25) is 0 Å². The van der Waals surface area contributed by atoms with Gasteiger partial charge in [0.05, 0.1) is 6.61 Å². The highest BCUT2D eigenvalue weighted by molar-refractivity contribution is 7.99. The van der Waals surface area contributed by atoms with Crippen molar-refractivity contribution >= 4 is 11.8 Å². The largest absolute Gasteiger partial charge is 0.506 e. The monoisotopic (exact) mass is 340 g/mol. The molecule has 1 N–H and O–H groups in total. The molecule has 0 unspecified atom stereocenters. The number of benzene rings is 2. The molecule has 0 saturated carbocycles. The van der Waals surface area contributed by atoms with Crippen LogP contribution in [-0.4, -0.2) is 17.5 Å². The summed E-state index contributed by atoms with van der Waals surface area (Å²) in [6, 6.07) is 20.1. The fourth-order valence-corrected chi connectivity index (χ4v) is 2.90. The molecule has 3 rings (SSSR count). The topological polar surface area (TPSA) is 59.7 Å². The summed E-state index contributed by atoms with van der Waals surface area (Å²) < 4.78 is 10.9. The molecule has 0 aliphatic heterocycles. The minimum Gasteiger partial charge on any atom is -0.506 e. The maximum absolute atomic E-state index is 12.1. The molecule has 0 saturated heterocycles. The van der Waals surface area contributed by atoms with Crippen molar-refractivity contribution in [2.45, 2.75) is 4.90 Å². The van der Waals surface area contributed by atoms with Crippen molar-refractivity contribution in [2.24, 2.45) is 0 Å². The van der Waals surface area contributed by atoms with Crippen LogP contribution in [-0.2, 0) is 0 Å². The fraction of sp³-hybridized carbons (Fsp3) is 0.105. The molecule has 3 aromatic rings. The van der Waals surface area contributed by atoms with Gasteiger partial charge in [0.2, 0.25) is 0 Å². The predicted octanol–water partition coefficient (Wildman–Crippen LogP) is 4.18. The zero-order chi connectivity index (χ0) is 16.8. The van der Waals surface area contributed by atoms with Crippen LogP contribution in [0.3, 0.4) is 0 Å². The molecule has 1 aromatic heterocycles. The molecule has 5 heteroatoms. The van der Waals surface area contributed by atoms with Gasteiger partial charge in [0, 0.05) is 17.4 Å². The fourth-order valence-electron chi connectivity index (χ4n) is 2.17. The van der Waals surface area contributed by atoms with Crippen molar-refractivity contribution in [2.75, 3.05) is 12.4 Å². The number of hydrogen-bond donors (Lipinski definition) is 1. The van der Waals surface area contributed by atoms with Crippen LogP contribution in [0.15, 0.2) is 80.8 Å². The lowest BCUT2D eigenvalue weighted by Gasteiger charge is -2.07. The zero-order valence-corrected chi connectivity index (χ0v) is 13.7. The van der Waals surface area contributed by atoms with Crippen LogP contribution in [0.2, 0.25) is 0 Å².